The van der Waals surface area contributed by atoms with Crippen molar-refractivity contribution in [1.29, 1.82) is 5.26 Å². The van der Waals surface area contributed by atoms with Gasteiger partial charge < -0.3 is 34.5 Å². The fourth-order valence-electron chi connectivity index (χ4n) is 4.52. The predicted molar refractivity (Wildman–Crippen MR) is 141 cm³/mol. The number of hydrogen-bond donors (Lipinski definition) is 4. The van der Waals surface area contributed by atoms with Crippen molar-refractivity contribution in [2.24, 2.45) is 0 Å². The van der Waals surface area contributed by atoms with Crippen molar-refractivity contribution in [1.82, 2.24) is 4.57 Å². The van der Waals surface area contributed by atoms with Crippen LogP contribution in [0.15, 0.2) is 54.6 Å². The average molecular weight is 557 g/mol. The minimum atomic E-state index is -1.73. The number of ether oxygens (including phenoxy) is 2. The average Bonchev–Trinajstić information content (AvgIpc) is 2.92. The van der Waals surface area contributed by atoms with Crippen LogP contribution in [0.3, 0.4) is 0 Å². The number of nitriles is 1. The number of benzene rings is 2. The quantitative estimate of drug-likeness (QED) is 0.265. The van der Waals surface area contributed by atoms with Crippen LogP contribution in [-0.4, -0.2) is 68.6 Å². The maximum absolute atomic E-state index is 13.6. The van der Waals surface area contributed by atoms with Crippen LogP contribution in [0.1, 0.15) is 29.1 Å². The maximum Gasteiger partial charge on any atom is 0.340 e. The minimum absolute atomic E-state index is 0.0255. The molecule has 0 amide bonds. The molecule has 1 aliphatic rings. The highest BCUT2D eigenvalue weighted by Gasteiger charge is 2.46. The van der Waals surface area contributed by atoms with Crippen LogP contribution < -0.4 is 0 Å². The Kier molecular flexibility index (Phi) is 8.60. The molecule has 0 unspecified atom stereocenters. The summed E-state index contributed by atoms with van der Waals surface area (Å²) in [7, 11) is 0. The first-order valence-corrected chi connectivity index (χ1v) is 12.5. The van der Waals surface area contributed by atoms with Crippen molar-refractivity contribution in [3.8, 4) is 28.5 Å². The van der Waals surface area contributed by atoms with E-state index >= 15 is 0 Å². The monoisotopic (exact) mass is 556 g/mol. The third-order valence-corrected chi connectivity index (χ3v) is 6.96. The summed E-state index contributed by atoms with van der Waals surface area (Å²) in [6.07, 6.45) is -7.80. The number of carbonyl (C=O) groups excluding carboxylic acids is 1. The fourth-order valence-corrected chi connectivity index (χ4v) is 4.99. The van der Waals surface area contributed by atoms with Crippen LogP contribution in [-0.2, 0) is 9.47 Å². The Hall–Kier alpha value is -3.14. The van der Waals surface area contributed by atoms with E-state index in [0.717, 1.165) is 0 Å². The molecule has 0 saturated carbocycles. The molecule has 9 nitrogen and oxygen atoms in total. The number of nitrogens with zero attached hydrogens (tertiary/aromatic N) is 2. The largest absolute Gasteiger partial charge is 0.462 e. The number of aliphatic hydroxyl groups is 4. The molecule has 0 spiro atoms. The minimum Gasteiger partial charge on any atom is -0.462 e. The lowest BCUT2D eigenvalue weighted by atomic mass is 9.91. The second-order valence-electron chi connectivity index (χ2n) is 8.57. The zero-order valence-electron chi connectivity index (χ0n) is 20.2. The maximum atomic E-state index is 13.6. The Balaban J connectivity index is 2.17. The molecule has 5 atom stereocenters. The molecule has 2 heterocycles. The zero-order valence-corrected chi connectivity index (χ0v) is 21.8. The van der Waals surface area contributed by atoms with E-state index in [-0.39, 0.29) is 33.6 Å². The number of pyridine rings is 1. The van der Waals surface area contributed by atoms with Gasteiger partial charge in [0.15, 0.2) is 6.23 Å². The van der Waals surface area contributed by atoms with Gasteiger partial charge in [0.25, 0.3) is 0 Å². The number of aliphatic hydroxyl groups excluding tert-OH is 4. The van der Waals surface area contributed by atoms with E-state index in [2.05, 4.69) is 6.07 Å². The topological polar surface area (TPSA) is 145 Å². The van der Waals surface area contributed by atoms with Crippen molar-refractivity contribution >= 4 is 29.8 Å². The summed E-state index contributed by atoms with van der Waals surface area (Å²) in [6, 6.07) is 17.2. The van der Waals surface area contributed by atoms with E-state index in [9.17, 15) is 30.5 Å². The Morgan fingerprint density at radius 1 is 1.08 bits per heavy atom. The highest BCUT2D eigenvalue weighted by atomic mass is 35.5. The van der Waals surface area contributed by atoms with Crippen molar-refractivity contribution < 1.29 is 34.7 Å². The van der Waals surface area contributed by atoms with Crippen LogP contribution >= 0.6 is 23.8 Å². The fraction of sp³-hybridized carbons (Fsp3) is 0.296. The molecule has 0 radical (unpaired) electrons. The number of carbonyl (C=O) groups is 1. The molecular formula is C27H25ClN2O7S. The van der Waals surface area contributed by atoms with Crippen molar-refractivity contribution in [2.75, 3.05) is 13.2 Å². The first-order chi connectivity index (χ1) is 18.2. The first-order valence-electron chi connectivity index (χ1n) is 11.8. The van der Waals surface area contributed by atoms with Gasteiger partial charge in [-0.1, -0.05) is 66.3 Å². The molecule has 4 rings (SSSR count). The van der Waals surface area contributed by atoms with Crippen LogP contribution in [0.2, 0.25) is 5.02 Å². The highest BCUT2D eigenvalue weighted by molar-refractivity contribution is 7.71. The van der Waals surface area contributed by atoms with E-state index in [1.165, 1.54) is 4.57 Å². The van der Waals surface area contributed by atoms with E-state index in [4.69, 9.17) is 33.3 Å². The van der Waals surface area contributed by atoms with Gasteiger partial charge in [0.05, 0.1) is 30.0 Å². The normalized spacial score (nSPS) is 23.0. The second kappa shape index (κ2) is 11.7. The molecule has 0 bridgehead atoms. The number of hydrogen-bond acceptors (Lipinski definition) is 9. The summed E-state index contributed by atoms with van der Waals surface area (Å²) in [5.41, 5.74) is 1.19. The Morgan fingerprint density at radius 2 is 1.74 bits per heavy atom. The molecule has 1 aromatic heterocycles. The predicted octanol–water partition coefficient (Wildman–Crippen LogP) is 3.23. The van der Waals surface area contributed by atoms with E-state index < -0.39 is 43.2 Å². The summed E-state index contributed by atoms with van der Waals surface area (Å²) >= 11 is 11.8. The van der Waals surface area contributed by atoms with Gasteiger partial charge in [-0.25, -0.2) is 4.79 Å². The Morgan fingerprint density at radius 3 is 2.32 bits per heavy atom. The molecule has 1 aliphatic heterocycles. The number of aromatic nitrogens is 1. The van der Waals surface area contributed by atoms with Crippen molar-refractivity contribution in [2.45, 2.75) is 37.6 Å². The molecule has 4 N–H and O–H groups in total. The lowest BCUT2D eigenvalue weighted by Gasteiger charge is -2.42. The van der Waals surface area contributed by atoms with Crippen molar-refractivity contribution in [3.63, 3.8) is 0 Å². The number of esters is 1. The Bertz CT molecular complexity index is 1420. The smallest absolute Gasteiger partial charge is 0.340 e. The summed E-state index contributed by atoms with van der Waals surface area (Å²) < 4.78 is 12.4. The van der Waals surface area contributed by atoms with Gasteiger partial charge in [0.2, 0.25) is 0 Å². The van der Waals surface area contributed by atoms with Gasteiger partial charge >= 0.3 is 5.97 Å². The molecule has 198 valence electrons. The lowest BCUT2D eigenvalue weighted by molar-refractivity contribution is -0.251. The Labute approximate surface area is 228 Å². The summed E-state index contributed by atoms with van der Waals surface area (Å²) in [5, 5.41) is 52.3. The van der Waals surface area contributed by atoms with Crippen LogP contribution in [0.25, 0.3) is 22.4 Å². The van der Waals surface area contributed by atoms with Gasteiger partial charge in [-0.2, -0.15) is 5.26 Å². The van der Waals surface area contributed by atoms with E-state index in [1.807, 2.05) is 0 Å². The van der Waals surface area contributed by atoms with E-state index in [0.29, 0.717) is 16.1 Å². The lowest BCUT2D eigenvalue weighted by Crippen LogP contribution is -2.56. The highest BCUT2D eigenvalue weighted by Crippen LogP contribution is 2.41. The third kappa shape index (κ3) is 4.98. The molecule has 11 heteroatoms. The molecule has 1 saturated heterocycles. The molecule has 0 aliphatic carbocycles. The zero-order chi connectivity index (χ0) is 27.6. The van der Waals surface area contributed by atoms with Crippen LogP contribution in [0.5, 0.6) is 0 Å². The number of rotatable bonds is 6. The molecule has 2 aromatic carbocycles. The van der Waals surface area contributed by atoms with Gasteiger partial charge in [0, 0.05) is 10.6 Å². The third-order valence-electron chi connectivity index (χ3n) is 6.30. The molecule has 3 aromatic rings. The molecule has 38 heavy (non-hydrogen) atoms. The first kappa shape index (κ1) is 27.9. The van der Waals surface area contributed by atoms with Crippen LogP contribution in [0, 0.1) is 16.0 Å². The van der Waals surface area contributed by atoms with Gasteiger partial charge in [-0.3, -0.25) is 0 Å². The molecular weight excluding hydrogens is 532 g/mol. The number of halogens is 1. The molecule has 1 fully saturated rings. The van der Waals surface area contributed by atoms with Gasteiger partial charge in [-0.15, -0.1) is 0 Å². The second-order valence-corrected chi connectivity index (χ2v) is 9.40. The van der Waals surface area contributed by atoms with Gasteiger partial charge in [0.1, 0.15) is 35.1 Å². The standard InChI is InChI=1S/C27H25ClN2O7S/c1-2-36-27(35)20-19(14-8-10-16(28)11-9-14)17(12-29)26(38)30(21(20)15-6-4-3-5-7-15)25-24(34)23(33)22(32)18(13-31)37-25/h3-11,18,22-25,31-34H,2,13H2,1H3/t18-,22+,23+,24+,25+/m0/s1. The van der Waals surface area contributed by atoms with Gasteiger partial charge in [-0.05, 0) is 30.2 Å². The van der Waals surface area contributed by atoms with E-state index in [1.54, 1.807) is 61.5 Å². The van der Waals surface area contributed by atoms with Crippen LogP contribution in [0.4, 0.5) is 0 Å². The SMILES string of the molecule is CCOC(=O)c1c(-c2ccc(Cl)cc2)c(C#N)c(=S)n([C@@H]2O[C@@H](CO)[C@@H](O)[C@@H](O)[C@H]2O)c1-c1ccccc1. The summed E-state index contributed by atoms with van der Waals surface area (Å²) in [6.45, 7) is 0.999. The summed E-state index contributed by atoms with van der Waals surface area (Å²) in [5.74, 6) is -0.763. The summed E-state index contributed by atoms with van der Waals surface area (Å²) in [4.78, 5) is 13.6. The van der Waals surface area contributed by atoms with Crippen molar-refractivity contribution in [3.05, 3.63) is 75.4 Å².